The minimum absolute atomic E-state index is 0.0463. The molecular weight excluding hydrogens is 272 g/mol. The van der Waals surface area contributed by atoms with Crippen molar-refractivity contribution >= 4 is 16.8 Å². The molecule has 0 aliphatic rings. The van der Waals surface area contributed by atoms with Crippen LogP contribution in [0.3, 0.4) is 0 Å². The predicted octanol–water partition coefficient (Wildman–Crippen LogP) is 4.22. The lowest BCUT2D eigenvalue weighted by molar-refractivity contribution is -0.137. The van der Waals surface area contributed by atoms with Gasteiger partial charge in [0, 0.05) is 0 Å². The fourth-order valence-electron chi connectivity index (χ4n) is 1.41. The molecular formula is C12H11ClF4O. The van der Waals surface area contributed by atoms with Crippen LogP contribution in [-0.2, 0) is 23.1 Å². The van der Waals surface area contributed by atoms with Crippen molar-refractivity contribution in [3.8, 4) is 0 Å². The first-order chi connectivity index (χ1) is 8.09. The lowest BCUT2D eigenvalue weighted by atomic mass is 9.84. The Morgan fingerprint density at radius 1 is 1.17 bits per heavy atom. The van der Waals surface area contributed by atoms with Crippen molar-refractivity contribution in [2.45, 2.75) is 32.1 Å². The van der Waals surface area contributed by atoms with Gasteiger partial charge in [-0.25, -0.2) is 4.39 Å². The topological polar surface area (TPSA) is 17.1 Å². The Hall–Kier alpha value is -1.10. The van der Waals surface area contributed by atoms with Gasteiger partial charge in [-0.1, -0.05) is 6.07 Å². The maximum atomic E-state index is 12.6. The van der Waals surface area contributed by atoms with Crippen LogP contribution in [0.25, 0.3) is 0 Å². The first kappa shape index (κ1) is 15.0. The number of carbonyl (C=O) groups is 1. The monoisotopic (exact) mass is 282 g/mol. The van der Waals surface area contributed by atoms with Gasteiger partial charge in [0.25, 0.3) is 0 Å². The van der Waals surface area contributed by atoms with Gasteiger partial charge in [0.05, 0.1) is 11.0 Å². The second-order valence-electron chi connectivity index (χ2n) is 4.45. The van der Waals surface area contributed by atoms with E-state index in [0.717, 1.165) is 12.1 Å². The van der Waals surface area contributed by atoms with Gasteiger partial charge < -0.3 is 0 Å². The molecule has 0 amide bonds. The normalized spacial score (nSPS) is 12.6. The van der Waals surface area contributed by atoms with E-state index in [0.29, 0.717) is 0 Å². The number of alkyl halides is 4. The highest BCUT2D eigenvalue weighted by molar-refractivity contribution is 6.65. The van der Waals surface area contributed by atoms with Crippen LogP contribution in [0.2, 0.25) is 0 Å². The van der Waals surface area contributed by atoms with Crippen LogP contribution >= 0.6 is 11.6 Å². The molecule has 0 saturated carbocycles. The third-order valence-corrected chi connectivity index (χ3v) is 3.16. The molecule has 100 valence electrons. The second-order valence-corrected chi connectivity index (χ2v) is 4.79. The summed E-state index contributed by atoms with van der Waals surface area (Å²) in [6.07, 6.45) is -4.59. The largest absolute Gasteiger partial charge is 0.416 e. The Kier molecular flexibility index (Phi) is 4.05. The molecule has 0 unspecified atom stereocenters. The molecule has 0 aromatic heterocycles. The summed E-state index contributed by atoms with van der Waals surface area (Å²) >= 11 is 5.35. The molecule has 1 aromatic rings. The van der Waals surface area contributed by atoms with Crippen LogP contribution < -0.4 is 0 Å². The second kappa shape index (κ2) is 4.88. The Labute approximate surface area is 107 Å². The smallest absolute Gasteiger partial charge is 0.280 e. The lowest BCUT2D eigenvalue weighted by Crippen LogP contribution is -2.25. The maximum Gasteiger partial charge on any atom is 0.416 e. The zero-order chi connectivity index (χ0) is 14.1. The third-order valence-electron chi connectivity index (χ3n) is 2.69. The van der Waals surface area contributed by atoms with Gasteiger partial charge in [0.2, 0.25) is 5.24 Å². The molecule has 0 aliphatic heterocycles. The Morgan fingerprint density at radius 2 is 1.67 bits per heavy atom. The molecule has 0 fully saturated rings. The van der Waals surface area contributed by atoms with E-state index in [4.69, 9.17) is 11.6 Å². The highest BCUT2D eigenvalue weighted by Gasteiger charge is 2.35. The molecule has 0 spiro atoms. The van der Waals surface area contributed by atoms with Crippen molar-refractivity contribution in [2.75, 3.05) is 0 Å². The van der Waals surface area contributed by atoms with Gasteiger partial charge >= 0.3 is 6.18 Å². The highest BCUT2D eigenvalue weighted by atomic mass is 35.5. The van der Waals surface area contributed by atoms with E-state index in [1.165, 1.54) is 19.9 Å². The van der Waals surface area contributed by atoms with Gasteiger partial charge in [0.1, 0.15) is 6.67 Å². The molecule has 18 heavy (non-hydrogen) atoms. The number of carbonyl (C=O) groups excluding carboxylic acids is 1. The van der Waals surface area contributed by atoms with Crippen LogP contribution in [0, 0.1) is 0 Å². The van der Waals surface area contributed by atoms with E-state index in [2.05, 4.69) is 0 Å². The summed E-state index contributed by atoms with van der Waals surface area (Å²) in [7, 11) is 0. The first-order valence-corrected chi connectivity index (χ1v) is 5.44. The van der Waals surface area contributed by atoms with E-state index < -0.39 is 29.1 Å². The Balaban J connectivity index is 3.42. The number of rotatable bonds is 3. The summed E-state index contributed by atoms with van der Waals surface area (Å²) < 4.78 is 50.5. The average Bonchev–Trinajstić information content (AvgIpc) is 2.26. The summed E-state index contributed by atoms with van der Waals surface area (Å²) in [5, 5.41) is -0.799. The zero-order valence-electron chi connectivity index (χ0n) is 9.74. The van der Waals surface area contributed by atoms with Gasteiger partial charge in [-0.3, -0.25) is 4.79 Å². The first-order valence-electron chi connectivity index (χ1n) is 5.06. The molecule has 0 radical (unpaired) electrons. The van der Waals surface area contributed by atoms with E-state index in [1.54, 1.807) is 0 Å². The highest BCUT2D eigenvalue weighted by Crippen LogP contribution is 2.35. The standard InChI is InChI=1S/C12H11ClF4O/c1-11(2,10(13)18)8-3-7(6-14)4-9(5-8)12(15,16)17/h3-5H,6H2,1-2H3. The SMILES string of the molecule is CC(C)(C(=O)Cl)c1cc(CF)cc(C(F)(F)F)c1. The number of hydrogen-bond donors (Lipinski definition) is 0. The fraction of sp³-hybridized carbons (Fsp3) is 0.417. The van der Waals surface area contributed by atoms with Crippen LogP contribution in [0.15, 0.2) is 18.2 Å². The summed E-state index contributed by atoms with van der Waals surface area (Å²) in [5.74, 6) is 0. The molecule has 0 atom stereocenters. The van der Waals surface area contributed by atoms with Crippen molar-refractivity contribution in [2.24, 2.45) is 0 Å². The Bertz CT molecular complexity index is 466. The number of halogens is 5. The quantitative estimate of drug-likeness (QED) is 0.599. The van der Waals surface area contributed by atoms with Gasteiger partial charge in [-0.2, -0.15) is 13.2 Å². The molecule has 0 aliphatic carbocycles. The third kappa shape index (κ3) is 3.02. The van der Waals surface area contributed by atoms with Gasteiger partial charge in [-0.15, -0.1) is 0 Å². The molecule has 0 heterocycles. The molecule has 6 heteroatoms. The fourth-order valence-corrected chi connectivity index (χ4v) is 1.52. The van der Waals surface area contributed by atoms with E-state index in [1.807, 2.05) is 0 Å². The van der Waals surface area contributed by atoms with Crippen molar-refractivity contribution < 1.29 is 22.4 Å². The molecule has 0 saturated heterocycles. The minimum Gasteiger partial charge on any atom is -0.280 e. The minimum atomic E-state index is -4.59. The lowest BCUT2D eigenvalue weighted by Gasteiger charge is -2.22. The summed E-state index contributed by atoms with van der Waals surface area (Å²) in [6.45, 7) is 1.74. The molecule has 0 N–H and O–H groups in total. The van der Waals surface area contributed by atoms with Crippen LogP contribution in [0.1, 0.15) is 30.5 Å². The molecule has 1 aromatic carbocycles. The van der Waals surface area contributed by atoms with E-state index in [9.17, 15) is 22.4 Å². The zero-order valence-corrected chi connectivity index (χ0v) is 10.5. The van der Waals surface area contributed by atoms with E-state index in [-0.39, 0.29) is 11.1 Å². The van der Waals surface area contributed by atoms with Crippen molar-refractivity contribution in [3.63, 3.8) is 0 Å². The van der Waals surface area contributed by atoms with Gasteiger partial charge in [0.15, 0.2) is 0 Å². The Morgan fingerprint density at radius 3 is 2.06 bits per heavy atom. The average molecular weight is 283 g/mol. The molecule has 1 nitrogen and oxygen atoms in total. The summed E-state index contributed by atoms with van der Waals surface area (Å²) in [5.41, 5.74) is -2.37. The molecule has 0 bridgehead atoms. The maximum absolute atomic E-state index is 12.6. The van der Waals surface area contributed by atoms with Gasteiger partial charge in [-0.05, 0) is 48.7 Å². The summed E-state index contributed by atoms with van der Waals surface area (Å²) in [4.78, 5) is 11.2. The number of hydrogen-bond acceptors (Lipinski definition) is 1. The number of benzene rings is 1. The van der Waals surface area contributed by atoms with Crippen LogP contribution in [0.4, 0.5) is 17.6 Å². The molecule has 1 rings (SSSR count). The predicted molar refractivity (Wildman–Crippen MR) is 60.1 cm³/mol. The van der Waals surface area contributed by atoms with Crippen molar-refractivity contribution in [3.05, 3.63) is 34.9 Å². The van der Waals surface area contributed by atoms with Crippen LogP contribution in [0.5, 0.6) is 0 Å². The van der Waals surface area contributed by atoms with Crippen molar-refractivity contribution in [1.82, 2.24) is 0 Å². The van der Waals surface area contributed by atoms with E-state index >= 15 is 0 Å². The summed E-state index contributed by atoms with van der Waals surface area (Å²) in [6, 6.07) is 2.76. The van der Waals surface area contributed by atoms with Crippen molar-refractivity contribution in [1.29, 1.82) is 0 Å². The van der Waals surface area contributed by atoms with Crippen LogP contribution in [-0.4, -0.2) is 5.24 Å².